The highest BCUT2D eigenvalue weighted by atomic mass is 32.2. The van der Waals surface area contributed by atoms with Gasteiger partial charge in [-0.05, 0) is 49.2 Å². The van der Waals surface area contributed by atoms with Crippen molar-refractivity contribution >= 4 is 10.0 Å². The molecule has 0 saturated carbocycles. The zero-order chi connectivity index (χ0) is 17.2. The minimum absolute atomic E-state index is 0.00515. The lowest BCUT2D eigenvalue weighted by Crippen LogP contribution is -2.27. The molecule has 0 aliphatic rings. The van der Waals surface area contributed by atoms with Crippen molar-refractivity contribution in [2.24, 2.45) is 0 Å². The first-order valence-electron chi connectivity index (χ1n) is 6.86. The lowest BCUT2D eigenvalue weighted by atomic mass is 10.1. The molecule has 7 heteroatoms. The van der Waals surface area contributed by atoms with Gasteiger partial charge in [0, 0.05) is 6.04 Å². The van der Waals surface area contributed by atoms with Crippen LogP contribution in [0.25, 0.3) is 0 Å². The Morgan fingerprint density at radius 1 is 1.09 bits per heavy atom. The van der Waals surface area contributed by atoms with E-state index in [9.17, 15) is 17.2 Å². The van der Waals surface area contributed by atoms with Crippen LogP contribution in [0.2, 0.25) is 0 Å². The van der Waals surface area contributed by atoms with Gasteiger partial charge in [0.25, 0.3) is 0 Å². The molecule has 23 heavy (non-hydrogen) atoms. The summed E-state index contributed by atoms with van der Waals surface area (Å²) < 4.78 is 58.9. The minimum atomic E-state index is -3.89. The lowest BCUT2D eigenvalue weighted by Gasteiger charge is -2.17. The van der Waals surface area contributed by atoms with E-state index in [2.05, 4.69) is 4.72 Å². The third-order valence-corrected chi connectivity index (χ3v) is 4.95. The SMILES string of the molecule is COc1ccc(C)cc1S(=O)(=O)N[C@H](C)c1ccc(F)c(F)c1. The van der Waals surface area contributed by atoms with Gasteiger partial charge >= 0.3 is 0 Å². The predicted molar refractivity (Wildman–Crippen MR) is 82.8 cm³/mol. The summed E-state index contributed by atoms with van der Waals surface area (Å²) in [5.74, 6) is -1.80. The largest absolute Gasteiger partial charge is 0.495 e. The number of benzene rings is 2. The van der Waals surface area contributed by atoms with E-state index in [1.165, 1.54) is 19.2 Å². The summed E-state index contributed by atoms with van der Waals surface area (Å²) in [6.45, 7) is 3.31. The van der Waals surface area contributed by atoms with Gasteiger partial charge in [-0.25, -0.2) is 21.9 Å². The van der Waals surface area contributed by atoms with E-state index in [0.29, 0.717) is 5.56 Å². The minimum Gasteiger partial charge on any atom is -0.495 e. The number of hydrogen-bond acceptors (Lipinski definition) is 3. The van der Waals surface area contributed by atoms with Crippen molar-refractivity contribution in [2.45, 2.75) is 24.8 Å². The molecular formula is C16H17F2NO3S. The Morgan fingerprint density at radius 2 is 1.78 bits per heavy atom. The fourth-order valence-electron chi connectivity index (χ4n) is 2.14. The zero-order valence-corrected chi connectivity index (χ0v) is 13.7. The molecule has 1 atom stereocenters. The molecule has 0 aromatic heterocycles. The first-order chi connectivity index (χ1) is 10.7. The van der Waals surface area contributed by atoms with Crippen LogP contribution in [-0.2, 0) is 10.0 Å². The number of nitrogens with one attached hydrogen (secondary N) is 1. The predicted octanol–water partition coefficient (Wildman–Crippen LogP) is 3.32. The number of methoxy groups -OCH3 is 1. The Balaban J connectivity index is 2.34. The van der Waals surface area contributed by atoms with Gasteiger partial charge < -0.3 is 4.74 Å². The third kappa shape index (κ3) is 3.86. The summed E-state index contributed by atoms with van der Waals surface area (Å²) in [5, 5.41) is 0. The average Bonchev–Trinajstić information content (AvgIpc) is 2.49. The van der Waals surface area contributed by atoms with E-state index in [0.717, 1.165) is 17.7 Å². The topological polar surface area (TPSA) is 55.4 Å². The first kappa shape index (κ1) is 17.4. The van der Waals surface area contributed by atoms with Crippen molar-refractivity contribution < 1.29 is 21.9 Å². The number of rotatable bonds is 5. The molecule has 0 spiro atoms. The van der Waals surface area contributed by atoms with Crippen molar-refractivity contribution in [2.75, 3.05) is 7.11 Å². The van der Waals surface area contributed by atoms with E-state index < -0.39 is 27.7 Å². The van der Waals surface area contributed by atoms with Gasteiger partial charge in [-0.1, -0.05) is 12.1 Å². The summed E-state index contributed by atoms with van der Waals surface area (Å²) in [7, 11) is -2.51. The summed E-state index contributed by atoms with van der Waals surface area (Å²) in [4.78, 5) is -0.00515. The highest BCUT2D eigenvalue weighted by Gasteiger charge is 2.23. The smallest absolute Gasteiger partial charge is 0.244 e. The molecule has 2 rings (SSSR count). The number of hydrogen-bond donors (Lipinski definition) is 1. The Morgan fingerprint density at radius 3 is 2.39 bits per heavy atom. The van der Waals surface area contributed by atoms with E-state index in [1.807, 2.05) is 0 Å². The Kier molecular flexibility index (Phi) is 5.01. The monoisotopic (exact) mass is 341 g/mol. The first-order valence-corrected chi connectivity index (χ1v) is 8.35. The zero-order valence-electron chi connectivity index (χ0n) is 12.9. The molecule has 0 amide bonds. The van der Waals surface area contributed by atoms with Crippen LogP contribution in [0.15, 0.2) is 41.3 Å². The quantitative estimate of drug-likeness (QED) is 0.908. The Labute approximate surface area is 134 Å². The standard InChI is InChI=1S/C16H17F2NO3S/c1-10-4-7-15(22-3)16(8-10)23(20,21)19-11(2)12-5-6-13(17)14(18)9-12/h4-9,11,19H,1-3H3/t11-/m1/s1. The van der Waals surface area contributed by atoms with Crippen LogP contribution < -0.4 is 9.46 Å². The van der Waals surface area contributed by atoms with Crippen molar-refractivity contribution in [1.82, 2.24) is 4.72 Å². The fourth-order valence-corrected chi connectivity index (χ4v) is 3.63. The molecule has 0 aliphatic carbocycles. The number of aryl methyl sites for hydroxylation is 1. The Hall–Kier alpha value is -1.99. The molecule has 124 valence electrons. The van der Waals surface area contributed by atoms with Crippen molar-refractivity contribution in [3.8, 4) is 5.75 Å². The maximum atomic E-state index is 13.3. The molecular weight excluding hydrogens is 324 g/mol. The van der Waals surface area contributed by atoms with Gasteiger partial charge in [-0.3, -0.25) is 0 Å². The van der Waals surface area contributed by atoms with E-state index in [-0.39, 0.29) is 10.6 Å². The number of halogens is 2. The van der Waals surface area contributed by atoms with Crippen LogP contribution in [-0.4, -0.2) is 15.5 Å². The number of sulfonamides is 1. The second-order valence-corrected chi connectivity index (χ2v) is 6.85. The van der Waals surface area contributed by atoms with Crippen LogP contribution in [0.4, 0.5) is 8.78 Å². The van der Waals surface area contributed by atoms with Crippen molar-refractivity contribution in [1.29, 1.82) is 0 Å². The van der Waals surface area contributed by atoms with Crippen LogP contribution in [0.1, 0.15) is 24.1 Å². The normalized spacial score (nSPS) is 12.9. The van der Waals surface area contributed by atoms with Gasteiger partial charge in [0.05, 0.1) is 7.11 Å². The van der Waals surface area contributed by atoms with Crippen LogP contribution in [0.5, 0.6) is 5.75 Å². The molecule has 0 bridgehead atoms. The molecule has 1 N–H and O–H groups in total. The van der Waals surface area contributed by atoms with Crippen LogP contribution >= 0.6 is 0 Å². The van der Waals surface area contributed by atoms with E-state index in [4.69, 9.17) is 4.74 Å². The van der Waals surface area contributed by atoms with Crippen molar-refractivity contribution in [3.05, 3.63) is 59.2 Å². The summed E-state index contributed by atoms with van der Waals surface area (Å²) in [6, 6.07) is 7.31. The molecule has 0 fully saturated rings. The van der Waals surface area contributed by atoms with E-state index in [1.54, 1.807) is 26.0 Å². The summed E-state index contributed by atoms with van der Waals surface area (Å²) in [6.07, 6.45) is 0. The maximum absolute atomic E-state index is 13.3. The van der Waals surface area contributed by atoms with Crippen LogP contribution in [0.3, 0.4) is 0 Å². The second-order valence-electron chi connectivity index (χ2n) is 5.17. The third-order valence-electron chi connectivity index (χ3n) is 3.38. The molecule has 0 aliphatic heterocycles. The van der Waals surface area contributed by atoms with Crippen LogP contribution in [0, 0.1) is 18.6 Å². The molecule has 0 unspecified atom stereocenters. The Bertz CT molecular complexity index is 822. The molecule has 2 aromatic rings. The molecule has 0 heterocycles. The molecule has 2 aromatic carbocycles. The van der Waals surface area contributed by atoms with Gasteiger partial charge in [0.2, 0.25) is 10.0 Å². The van der Waals surface area contributed by atoms with E-state index >= 15 is 0 Å². The lowest BCUT2D eigenvalue weighted by molar-refractivity contribution is 0.402. The van der Waals surface area contributed by atoms with Gasteiger partial charge in [0.1, 0.15) is 10.6 Å². The highest BCUT2D eigenvalue weighted by molar-refractivity contribution is 7.89. The summed E-state index contributed by atoms with van der Waals surface area (Å²) >= 11 is 0. The molecule has 0 radical (unpaired) electrons. The highest BCUT2D eigenvalue weighted by Crippen LogP contribution is 2.26. The summed E-state index contributed by atoms with van der Waals surface area (Å²) in [5.41, 5.74) is 1.07. The molecule has 0 saturated heterocycles. The maximum Gasteiger partial charge on any atom is 0.244 e. The fraction of sp³-hybridized carbons (Fsp3) is 0.250. The molecule has 4 nitrogen and oxygen atoms in total. The van der Waals surface area contributed by atoms with Crippen molar-refractivity contribution in [3.63, 3.8) is 0 Å². The van der Waals surface area contributed by atoms with Gasteiger partial charge in [0.15, 0.2) is 11.6 Å². The van der Waals surface area contributed by atoms with Gasteiger partial charge in [-0.15, -0.1) is 0 Å². The van der Waals surface area contributed by atoms with Gasteiger partial charge in [-0.2, -0.15) is 0 Å². The number of ether oxygens (including phenoxy) is 1. The second kappa shape index (κ2) is 6.64. The average molecular weight is 341 g/mol.